The zero-order valence-corrected chi connectivity index (χ0v) is 14.4. The number of nitrogens with one attached hydrogen (secondary N) is 1. The van der Waals surface area contributed by atoms with Crippen LogP contribution in [0.15, 0.2) is 18.2 Å². The van der Waals surface area contributed by atoms with Crippen molar-refractivity contribution in [2.75, 3.05) is 6.61 Å². The fourth-order valence-corrected chi connectivity index (χ4v) is 3.09. The summed E-state index contributed by atoms with van der Waals surface area (Å²) in [6.45, 7) is 4.04. The molecule has 1 aromatic heterocycles. The lowest BCUT2D eigenvalue weighted by atomic mass is 10.0. The maximum Gasteiger partial charge on any atom is 0.328 e. The van der Waals surface area contributed by atoms with Crippen LogP contribution in [0.3, 0.4) is 0 Å². The first-order chi connectivity index (χ1) is 11.9. The number of aromatic nitrogens is 2. The molecule has 1 amide bonds. The van der Waals surface area contributed by atoms with E-state index in [4.69, 9.17) is 4.74 Å². The van der Waals surface area contributed by atoms with Crippen LogP contribution in [-0.4, -0.2) is 34.3 Å². The Morgan fingerprint density at radius 3 is 2.76 bits per heavy atom. The molecule has 0 bridgehead atoms. The van der Waals surface area contributed by atoms with Gasteiger partial charge in [0.25, 0.3) is 0 Å². The fourth-order valence-electron chi connectivity index (χ4n) is 3.09. The highest BCUT2D eigenvalue weighted by Crippen LogP contribution is 2.29. The molecule has 2 aromatic rings. The van der Waals surface area contributed by atoms with Gasteiger partial charge < -0.3 is 10.1 Å². The summed E-state index contributed by atoms with van der Waals surface area (Å²) in [7, 11) is 1.82. The average molecular weight is 345 g/mol. The van der Waals surface area contributed by atoms with Gasteiger partial charge in [0.15, 0.2) is 0 Å². The van der Waals surface area contributed by atoms with Crippen molar-refractivity contribution in [2.24, 2.45) is 7.05 Å². The summed E-state index contributed by atoms with van der Waals surface area (Å²) in [4.78, 5) is 23.4. The number of rotatable bonds is 4. The highest BCUT2D eigenvalue weighted by molar-refractivity contribution is 5.86. The van der Waals surface area contributed by atoms with Crippen LogP contribution < -0.4 is 5.32 Å². The maximum atomic E-state index is 14.6. The second-order valence-corrected chi connectivity index (χ2v) is 6.24. The van der Waals surface area contributed by atoms with Gasteiger partial charge in [-0.25, -0.2) is 9.18 Å². The number of carbonyl (C=O) groups excluding carboxylic acids is 2. The second kappa shape index (κ2) is 6.66. The third-order valence-electron chi connectivity index (χ3n) is 4.45. The van der Waals surface area contributed by atoms with Crippen LogP contribution in [0.5, 0.6) is 0 Å². The fraction of sp³-hybridized carbons (Fsp3) is 0.389. The van der Waals surface area contributed by atoms with Gasteiger partial charge in [-0.1, -0.05) is 12.1 Å². The zero-order chi connectivity index (χ0) is 18.1. The minimum Gasteiger partial charge on any atom is -0.464 e. The third kappa shape index (κ3) is 3.40. The number of halogens is 1. The normalized spacial score (nSPS) is 16.8. The SMILES string of the molecule is Cc1nn(C)c(C)c1-c1ccc(CC(=O)N[C@@H]2CCOC2=O)cc1F. The van der Waals surface area contributed by atoms with Crippen molar-refractivity contribution in [2.45, 2.75) is 32.7 Å². The molecule has 0 aliphatic carbocycles. The van der Waals surface area contributed by atoms with E-state index in [9.17, 15) is 14.0 Å². The van der Waals surface area contributed by atoms with Crippen LogP contribution in [0.2, 0.25) is 0 Å². The minimum atomic E-state index is -0.600. The van der Waals surface area contributed by atoms with E-state index >= 15 is 0 Å². The predicted molar refractivity (Wildman–Crippen MR) is 89.3 cm³/mol. The summed E-state index contributed by atoms with van der Waals surface area (Å²) >= 11 is 0. The molecule has 1 atom stereocenters. The molecule has 1 fully saturated rings. The summed E-state index contributed by atoms with van der Waals surface area (Å²) in [6.07, 6.45) is 0.476. The number of esters is 1. The van der Waals surface area contributed by atoms with Crippen molar-refractivity contribution in [1.82, 2.24) is 15.1 Å². The first kappa shape index (κ1) is 17.1. The highest BCUT2D eigenvalue weighted by Gasteiger charge is 2.27. The quantitative estimate of drug-likeness (QED) is 0.858. The molecule has 1 aliphatic heterocycles. The summed E-state index contributed by atoms with van der Waals surface area (Å²) in [5.41, 5.74) is 3.41. The van der Waals surface area contributed by atoms with Gasteiger partial charge in [-0.15, -0.1) is 0 Å². The van der Waals surface area contributed by atoms with E-state index in [1.54, 1.807) is 16.8 Å². The molecule has 0 radical (unpaired) electrons. The molecule has 3 rings (SSSR count). The molecule has 6 nitrogen and oxygen atoms in total. The van der Waals surface area contributed by atoms with Gasteiger partial charge in [0, 0.05) is 30.3 Å². The highest BCUT2D eigenvalue weighted by atomic mass is 19.1. The van der Waals surface area contributed by atoms with E-state index < -0.39 is 17.8 Å². The molecule has 1 aromatic carbocycles. The van der Waals surface area contributed by atoms with E-state index in [0.29, 0.717) is 24.2 Å². The Morgan fingerprint density at radius 2 is 2.20 bits per heavy atom. The van der Waals surface area contributed by atoms with E-state index in [2.05, 4.69) is 10.4 Å². The van der Waals surface area contributed by atoms with Crippen molar-refractivity contribution < 1.29 is 18.7 Å². The van der Waals surface area contributed by atoms with Gasteiger partial charge in [0.2, 0.25) is 5.91 Å². The number of hydrogen-bond donors (Lipinski definition) is 1. The third-order valence-corrected chi connectivity index (χ3v) is 4.45. The first-order valence-corrected chi connectivity index (χ1v) is 8.12. The second-order valence-electron chi connectivity index (χ2n) is 6.24. The Bertz CT molecular complexity index is 844. The Morgan fingerprint density at radius 1 is 1.44 bits per heavy atom. The predicted octanol–water partition coefficient (Wildman–Crippen LogP) is 1.82. The summed E-state index contributed by atoms with van der Waals surface area (Å²) < 4.78 is 21.1. The number of cyclic esters (lactones) is 1. The lowest BCUT2D eigenvalue weighted by Crippen LogP contribution is -2.38. The van der Waals surface area contributed by atoms with E-state index in [1.807, 2.05) is 20.9 Å². The molecular weight excluding hydrogens is 325 g/mol. The van der Waals surface area contributed by atoms with Gasteiger partial charge in [0.1, 0.15) is 11.9 Å². The van der Waals surface area contributed by atoms with E-state index in [-0.39, 0.29) is 12.3 Å². The standard InChI is InChI=1S/C18H20FN3O3/c1-10-17(11(2)22(3)21-10)13-5-4-12(8-14(13)19)9-16(23)20-15-6-7-25-18(15)24/h4-5,8,15H,6-7,9H2,1-3H3,(H,20,23)/t15-/m1/s1. The maximum absolute atomic E-state index is 14.6. The number of hydrogen-bond acceptors (Lipinski definition) is 4. The zero-order valence-electron chi connectivity index (χ0n) is 14.4. The Kier molecular flexibility index (Phi) is 4.57. The monoisotopic (exact) mass is 345 g/mol. The number of benzene rings is 1. The van der Waals surface area contributed by atoms with Gasteiger partial charge in [-0.3, -0.25) is 9.48 Å². The van der Waals surface area contributed by atoms with Crippen LogP contribution in [0.1, 0.15) is 23.4 Å². The van der Waals surface area contributed by atoms with Crippen LogP contribution >= 0.6 is 0 Å². The molecule has 25 heavy (non-hydrogen) atoms. The molecule has 1 N–H and O–H groups in total. The van der Waals surface area contributed by atoms with Crippen LogP contribution in [-0.2, 0) is 27.8 Å². The first-order valence-electron chi connectivity index (χ1n) is 8.12. The molecule has 0 spiro atoms. The molecule has 7 heteroatoms. The number of ether oxygens (including phenoxy) is 1. The van der Waals surface area contributed by atoms with Crippen molar-refractivity contribution in [3.63, 3.8) is 0 Å². The van der Waals surface area contributed by atoms with E-state index in [0.717, 1.165) is 17.0 Å². The van der Waals surface area contributed by atoms with E-state index in [1.165, 1.54) is 6.07 Å². The molecule has 2 heterocycles. The van der Waals surface area contributed by atoms with Gasteiger partial charge in [-0.2, -0.15) is 5.10 Å². The van der Waals surface area contributed by atoms with Crippen LogP contribution in [0.4, 0.5) is 4.39 Å². The Hall–Kier alpha value is -2.70. The summed E-state index contributed by atoms with van der Waals surface area (Å²) in [6, 6.07) is 4.14. The molecule has 1 saturated heterocycles. The molecular formula is C18H20FN3O3. The largest absolute Gasteiger partial charge is 0.464 e. The molecule has 132 valence electrons. The van der Waals surface area contributed by atoms with Crippen molar-refractivity contribution in [3.8, 4) is 11.1 Å². The molecule has 0 unspecified atom stereocenters. The van der Waals surface area contributed by atoms with Crippen LogP contribution in [0.25, 0.3) is 11.1 Å². The summed E-state index contributed by atoms with van der Waals surface area (Å²) in [5.74, 6) is -1.15. The van der Waals surface area contributed by atoms with Crippen molar-refractivity contribution >= 4 is 11.9 Å². The number of nitrogens with zero attached hydrogens (tertiary/aromatic N) is 2. The molecule has 1 aliphatic rings. The summed E-state index contributed by atoms with van der Waals surface area (Å²) in [5, 5.41) is 6.92. The Labute approximate surface area is 145 Å². The van der Waals surface area contributed by atoms with Crippen molar-refractivity contribution in [1.29, 1.82) is 0 Å². The van der Waals surface area contributed by atoms with Gasteiger partial charge in [0.05, 0.1) is 18.7 Å². The topological polar surface area (TPSA) is 73.2 Å². The average Bonchev–Trinajstić information content (AvgIpc) is 3.04. The van der Waals surface area contributed by atoms with Crippen molar-refractivity contribution in [3.05, 3.63) is 41.0 Å². The number of amides is 1. The van der Waals surface area contributed by atoms with Gasteiger partial charge in [-0.05, 0) is 25.5 Å². The smallest absolute Gasteiger partial charge is 0.328 e. The molecule has 0 saturated carbocycles. The Balaban J connectivity index is 1.76. The lowest BCUT2D eigenvalue weighted by Gasteiger charge is -2.10. The van der Waals surface area contributed by atoms with Crippen LogP contribution in [0, 0.1) is 19.7 Å². The van der Waals surface area contributed by atoms with Gasteiger partial charge >= 0.3 is 5.97 Å². The minimum absolute atomic E-state index is 0.00594. The lowest BCUT2D eigenvalue weighted by molar-refractivity contribution is -0.141. The number of aryl methyl sites for hydroxylation is 2. The number of carbonyl (C=O) groups is 2.